The van der Waals surface area contributed by atoms with Crippen molar-refractivity contribution >= 4 is 70.0 Å². The lowest BCUT2D eigenvalue weighted by atomic mass is 9.94. The van der Waals surface area contributed by atoms with Gasteiger partial charge in [-0.2, -0.15) is 0 Å². The standard InChI is InChI=1S/C27H19Cl4NO2S/c1-2-34-27(33)23-14-18(16-3-7-19(28)8-4-16)13-22(17-5-9-20(29)10-6-17)26(23)32-35-25-12-11-21(30)15-24(25)31/h3-15,32H,2H2,1H3. The summed E-state index contributed by atoms with van der Waals surface area (Å²) in [6, 6.07) is 23.9. The summed E-state index contributed by atoms with van der Waals surface area (Å²) < 4.78 is 8.74. The van der Waals surface area contributed by atoms with Gasteiger partial charge in [-0.1, -0.05) is 70.7 Å². The zero-order chi connectivity index (χ0) is 24.9. The highest BCUT2D eigenvalue weighted by Gasteiger charge is 2.20. The number of benzene rings is 4. The second kappa shape index (κ2) is 11.6. The van der Waals surface area contributed by atoms with Crippen LogP contribution >= 0.6 is 58.4 Å². The maximum Gasteiger partial charge on any atom is 0.340 e. The highest BCUT2D eigenvalue weighted by Crippen LogP contribution is 2.40. The Labute approximate surface area is 228 Å². The highest BCUT2D eigenvalue weighted by atomic mass is 35.5. The smallest absolute Gasteiger partial charge is 0.340 e. The van der Waals surface area contributed by atoms with Crippen molar-refractivity contribution in [1.29, 1.82) is 0 Å². The fourth-order valence-electron chi connectivity index (χ4n) is 3.45. The van der Waals surface area contributed by atoms with Crippen molar-refractivity contribution in [2.24, 2.45) is 0 Å². The Morgan fingerprint density at radius 1 is 0.771 bits per heavy atom. The number of ether oxygens (including phenoxy) is 1. The van der Waals surface area contributed by atoms with Crippen molar-refractivity contribution in [3.8, 4) is 22.3 Å². The molecule has 0 fully saturated rings. The third-order valence-electron chi connectivity index (χ3n) is 5.12. The molecule has 0 heterocycles. The number of halogens is 4. The second-order valence-electron chi connectivity index (χ2n) is 7.46. The van der Waals surface area contributed by atoms with E-state index in [9.17, 15) is 4.79 Å². The van der Waals surface area contributed by atoms with Crippen LogP contribution in [0.25, 0.3) is 22.3 Å². The van der Waals surface area contributed by atoms with E-state index in [2.05, 4.69) is 4.72 Å². The Balaban J connectivity index is 1.88. The summed E-state index contributed by atoms with van der Waals surface area (Å²) in [4.78, 5) is 13.9. The molecule has 0 aliphatic rings. The summed E-state index contributed by atoms with van der Waals surface area (Å²) in [6.45, 7) is 2.02. The minimum Gasteiger partial charge on any atom is -0.462 e. The van der Waals surface area contributed by atoms with Gasteiger partial charge in [-0.3, -0.25) is 0 Å². The molecular weight excluding hydrogens is 544 g/mol. The van der Waals surface area contributed by atoms with Gasteiger partial charge in [0.25, 0.3) is 0 Å². The number of nitrogens with one attached hydrogen (secondary N) is 1. The molecular formula is C27H19Cl4NO2S. The van der Waals surface area contributed by atoms with E-state index in [-0.39, 0.29) is 6.61 Å². The molecule has 0 aliphatic heterocycles. The van der Waals surface area contributed by atoms with Crippen LogP contribution in [-0.2, 0) is 4.74 Å². The number of carbonyl (C=O) groups is 1. The molecule has 0 saturated carbocycles. The van der Waals surface area contributed by atoms with Gasteiger partial charge in [0.2, 0.25) is 0 Å². The Bertz CT molecular complexity index is 1360. The number of anilines is 1. The van der Waals surface area contributed by atoms with Crippen LogP contribution in [-0.4, -0.2) is 12.6 Å². The van der Waals surface area contributed by atoms with Gasteiger partial charge in [-0.25, -0.2) is 4.79 Å². The molecule has 0 unspecified atom stereocenters. The molecule has 4 aromatic carbocycles. The van der Waals surface area contributed by atoms with Crippen molar-refractivity contribution in [3.05, 3.63) is 105 Å². The largest absolute Gasteiger partial charge is 0.462 e. The van der Waals surface area contributed by atoms with E-state index in [1.807, 2.05) is 66.7 Å². The van der Waals surface area contributed by atoms with Crippen LogP contribution in [0.4, 0.5) is 5.69 Å². The van der Waals surface area contributed by atoms with E-state index < -0.39 is 5.97 Å². The lowest BCUT2D eigenvalue weighted by Crippen LogP contribution is -2.09. The summed E-state index contributed by atoms with van der Waals surface area (Å²) in [6.07, 6.45) is 0. The first kappa shape index (κ1) is 25.7. The first-order valence-electron chi connectivity index (χ1n) is 10.6. The maximum atomic E-state index is 13.1. The molecule has 0 aromatic heterocycles. The maximum absolute atomic E-state index is 13.1. The fraction of sp³-hybridized carbons (Fsp3) is 0.0741. The zero-order valence-corrected chi connectivity index (χ0v) is 22.3. The van der Waals surface area contributed by atoms with Crippen LogP contribution in [0.2, 0.25) is 20.1 Å². The third-order valence-corrected chi connectivity index (χ3v) is 7.17. The molecule has 1 N–H and O–H groups in total. The molecule has 8 heteroatoms. The third kappa shape index (κ3) is 6.27. The van der Waals surface area contributed by atoms with Gasteiger partial charge in [0.1, 0.15) is 0 Å². The first-order chi connectivity index (χ1) is 16.9. The highest BCUT2D eigenvalue weighted by molar-refractivity contribution is 8.00. The molecule has 0 spiro atoms. The Morgan fingerprint density at radius 3 is 1.97 bits per heavy atom. The number of hydrogen-bond acceptors (Lipinski definition) is 4. The zero-order valence-electron chi connectivity index (χ0n) is 18.4. The predicted molar refractivity (Wildman–Crippen MR) is 149 cm³/mol. The van der Waals surface area contributed by atoms with Crippen molar-refractivity contribution in [1.82, 2.24) is 0 Å². The Morgan fingerprint density at radius 2 is 1.37 bits per heavy atom. The van der Waals surface area contributed by atoms with Crippen LogP contribution in [0, 0.1) is 0 Å². The molecule has 0 aliphatic carbocycles. The van der Waals surface area contributed by atoms with E-state index in [0.29, 0.717) is 31.3 Å². The number of hydrogen-bond donors (Lipinski definition) is 1. The normalized spacial score (nSPS) is 10.8. The molecule has 0 saturated heterocycles. The van der Waals surface area contributed by atoms with Crippen molar-refractivity contribution in [2.45, 2.75) is 11.8 Å². The predicted octanol–water partition coefficient (Wildman–Crippen LogP) is 9.93. The molecule has 3 nitrogen and oxygen atoms in total. The minimum atomic E-state index is -0.441. The van der Waals surface area contributed by atoms with Gasteiger partial charge in [0.05, 0.1) is 22.9 Å². The summed E-state index contributed by atoms with van der Waals surface area (Å²) >= 11 is 25.9. The van der Waals surface area contributed by atoms with Crippen LogP contribution in [0.3, 0.4) is 0 Å². The Hall–Kier alpha value is -2.34. The van der Waals surface area contributed by atoms with Gasteiger partial charge >= 0.3 is 5.97 Å². The van der Waals surface area contributed by atoms with Gasteiger partial charge in [0.15, 0.2) is 0 Å². The number of carbonyl (C=O) groups excluding carboxylic acids is 1. The van der Waals surface area contributed by atoms with Gasteiger partial charge in [-0.15, -0.1) is 0 Å². The summed E-state index contributed by atoms with van der Waals surface area (Å²) in [7, 11) is 0. The summed E-state index contributed by atoms with van der Waals surface area (Å²) in [5, 5.41) is 2.29. The monoisotopic (exact) mass is 561 g/mol. The summed E-state index contributed by atoms with van der Waals surface area (Å²) in [5.41, 5.74) is 4.42. The molecule has 4 aromatic rings. The average Bonchev–Trinajstić information content (AvgIpc) is 2.84. The molecule has 0 bridgehead atoms. The van der Waals surface area contributed by atoms with Crippen LogP contribution < -0.4 is 4.72 Å². The number of esters is 1. The molecule has 0 amide bonds. The molecule has 0 atom stereocenters. The first-order valence-corrected chi connectivity index (χ1v) is 12.9. The summed E-state index contributed by atoms with van der Waals surface area (Å²) in [5.74, 6) is -0.441. The van der Waals surface area contributed by atoms with Crippen LogP contribution in [0.5, 0.6) is 0 Å². The molecule has 4 rings (SSSR count). The van der Waals surface area contributed by atoms with Gasteiger partial charge < -0.3 is 9.46 Å². The van der Waals surface area contributed by atoms with E-state index in [1.54, 1.807) is 19.1 Å². The SMILES string of the molecule is CCOC(=O)c1cc(-c2ccc(Cl)cc2)cc(-c2ccc(Cl)cc2)c1NSc1ccc(Cl)cc1Cl. The topological polar surface area (TPSA) is 38.3 Å². The van der Waals surface area contributed by atoms with E-state index in [1.165, 1.54) is 11.9 Å². The van der Waals surface area contributed by atoms with Gasteiger partial charge in [-0.05, 0) is 90.2 Å². The molecule has 178 valence electrons. The Kier molecular flexibility index (Phi) is 8.53. The number of rotatable bonds is 7. The lowest BCUT2D eigenvalue weighted by Gasteiger charge is -2.18. The molecule has 0 radical (unpaired) electrons. The van der Waals surface area contributed by atoms with E-state index in [0.717, 1.165) is 27.1 Å². The van der Waals surface area contributed by atoms with Crippen molar-refractivity contribution in [3.63, 3.8) is 0 Å². The molecule has 35 heavy (non-hydrogen) atoms. The minimum absolute atomic E-state index is 0.246. The van der Waals surface area contributed by atoms with Gasteiger partial charge in [0, 0.05) is 25.5 Å². The van der Waals surface area contributed by atoms with Crippen LogP contribution in [0.15, 0.2) is 83.8 Å². The van der Waals surface area contributed by atoms with Crippen molar-refractivity contribution in [2.75, 3.05) is 11.3 Å². The van der Waals surface area contributed by atoms with Crippen LogP contribution in [0.1, 0.15) is 17.3 Å². The van der Waals surface area contributed by atoms with E-state index in [4.69, 9.17) is 51.1 Å². The van der Waals surface area contributed by atoms with Crippen molar-refractivity contribution < 1.29 is 9.53 Å². The quantitative estimate of drug-likeness (QED) is 0.179. The fourth-order valence-corrected chi connectivity index (χ4v) is 4.95. The lowest BCUT2D eigenvalue weighted by molar-refractivity contribution is 0.0527. The van der Waals surface area contributed by atoms with E-state index >= 15 is 0 Å². The average molecular weight is 563 g/mol. The second-order valence-corrected chi connectivity index (χ2v) is 10.0.